The fraction of sp³-hybridized carbons (Fsp3) is 0.769. The van der Waals surface area contributed by atoms with Gasteiger partial charge >= 0.3 is 0 Å². The largest absolute Gasteiger partial charge is 0.756 e. The molecule has 0 aliphatic heterocycles. The fourth-order valence-electron chi connectivity index (χ4n) is 8.77. The number of hydrogen-bond acceptors (Lipinski definition) is 6. The minimum absolute atomic E-state index is 0.0125. The lowest BCUT2D eigenvalue weighted by molar-refractivity contribution is -0.870. The van der Waals surface area contributed by atoms with Gasteiger partial charge in [-0.1, -0.05) is 266 Å². The number of aliphatic hydroxyl groups excluding tert-OH is 1. The van der Waals surface area contributed by atoms with Gasteiger partial charge in [-0.25, -0.2) is 0 Å². The Labute approximate surface area is 458 Å². The number of aliphatic hydroxyl groups is 1. The van der Waals surface area contributed by atoms with E-state index in [2.05, 4.69) is 92.1 Å². The Morgan fingerprint density at radius 2 is 0.838 bits per heavy atom. The van der Waals surface area contributed by atoms with Crippen LogP contribution in [0.25, 0.3) is 0 Å². The highest BCUT2D eigenvalue weighted by Gasteiger charge is 2.23. The summed E-state index contributed by atoms with van der Waals surface area (Å²) in [5, 5.41) is 13.9. The summed E-state index contributed by atoms with van der Waals surface area (Å²) in [6.45, 7) is 4.53. The van der Waals surface area contributed by atoms with E-state index in [1.165, 1.54) is 180 Å². The molecular weight excluding hydrogens is 936 g/mol. The minimum Gasteiger partial charge on any atom is -0.756 e. The van der Waals surface area contributed by atoms with Crippen molar-refractivity contribution in [3.8, 4) is 0 Å². The van der Waals surface area contributed by atoms with E-state index in [0.29, 0.717) is 17.4 Å². The Balaban J connectivity index is 4.24. The predicted molar refractivity (Wildman–Crippen MR) is 320 cm³/mol. The Bertz CT molecular complexity index is 1480. The first-order chi connectivity index (χ1) is 36.0. The molecule has 0 spiro atoms. The molecule has 0 saturated carbocycles. The second kappa shape index (κ2) is 55.4. The summed E-state index contributed by atoms with van der Waals surface area (Å²) in [5.41, 5.74) is 0. The van der Waals surface area contributed by atoms with Crippen molar-refractivity contribution in [1.29, 1.82) is 0 Å². The van der Waals surface area contributed by atoms with Crippen molar-refractivity contribution in [1.82, 2.24) is 5.32 Å². The average Bonchev–Trinajstić information content (AvgIpc) is 3.36. The fourth-order valence-corrected chi connectivity index (χ4v) is 9.49. The zero-order valence-corrected chi connectivity index (χ0v) is 49.9. The van der Waals surface area contributed by atoms with Gasteiger partial charge in [-0.05, 0) is 83.5 Å². The number of phosphoric ester groups is 1. The molecule has 0 aromatic carbocycles. The van der Waals surface area contributed by atoms with Gasteiger partial charge in [0.05, 0.1) is 39.9 Å². The molecule has 0 aliphatic carbocycles. The maximum atomic E-state index is 13.0. The molecular formula is C65H119N2O6P. The molecule has 0 aliphatic rings. The Kier molecular flexibility index (Phi) is 53.7. The Morgan fingerprint density at radius 1 is 0.486 bits per heavy atom. The van der Waals surface area contributed by atoms with Gasteiger partial charge in [0, 0.05) is 6.42 Å². The number of unbranched alkanes of at least 4 members (excludes halogenated alkanes) is 31. The van der Waals surface area contributed by atoms with Crippen LogP contribution in [0.15, 0.2) is 85.1 Å². The molecule has 0 heterocycles. The molecule has 8 nitrogen and oxygen atoms in total. The molecule has 9 heteroatoms. The zero-order valence-electron chi connectivity index (χ0n) is 49.0. The first-order valence-electron chi connectivity index (χ1n) is 30.9. The normalized spacial score (nSPS) is 14.4. The van der Waals surface area contributed by atoms with Crippen molar-refractivity contribution in [3.05, 3.63) is 85.1 Å². The summed E-state index contributed by atoms with van der Waals surface area (Å²) < 4.78 is 23.4. The van der Waals surface area contributed by atoms with Gasteiger partial charge in [-0.2, -0.15) is 0 Å². The van der Waals surface area contributed by atoms with Crippen LogP contribution in [0.4, 0.5) is 0 Å². The summed E-state index contributed by atoms with van der Waals surface area (Å²) in [7, 11) is 1.23. The molecule has 0 fully saturated rings. The lowest BCUT2D eigenvalue weighted by Gasteiger charge is -2.29. The molecule has 0 bridgehead atoms. The molecule has 1 amide bonds. The van der Waals surface area contributed by atoms with E-state index in [4.69, 9.17) is 9.05 Å². The van der Waals surface area contributed by atoms with E-state index < -0.39 is 26.6 Å². The molecule has 0 aromatic rings. The average molecular weight is 1060 g/mol. The number of likely N-dealkylation sites (N-methyl/N-ethyl adjacent to an activating group) is 1. The number of amides is 1. The third kappa shape index (κ3) is 57.4. The SMILES string of the molecule is CC/C=C\C/C=C\C/C=C\C/C=C\CCCCCCCCCCCCCCC(=O)NC(COP(=O)([O-])OCC[N+](C)(C)C)C(O)/C=C/CC/C=C/CC/C=C/CCCCCCCCCCCCCCCCCCC. The smallest absolute Gasteiger partial charge is 0.268 e. The third-order valence-electron chi connectivity index (χ3n) is 13.6. The molecule has 0 radical (unpaired) electrons. The molecule has 3 unspecified atom stereocenters. The number of carbonyl (C=O) groups is 1. The summed E-state index contributed by atoms with van der Waals surface area (Å²) in [5.74, 6) is -0.214. The number of quaternary nitrogens is 1. The molecule has 0 rings (SSSR count). The van der Waals surface area contributed by atoms with Crippen molar-refractivity contribution in [2.45, 2.75) is 283 Å². The number of nitrogens with zero attached hydrogens (tertiary/aromatic N) is 1. The number of hydrogen-bond donors (Lipinski definition) is 2. The molecule has 3 atom stereocenters. The van der Waals surface area contributed by atoms with E-state index in [1.807, 2.05) is 27.2 Å². The van der Waals surface area contributed by atoms with E-state index in [9.17, 15) is 19.4 Å². The van der Waals surface area contributed by atoms with Crippen molar-refractivity contribution in [2.24, 2.45) is 0 Å². The van der Waals surface area contributed by atoms with E-state index in [-0.39, 0.29) is 12.5 Å². The van der Waals surface area contributed by atoms with Crippen LogP contribution in [-0.4, -0.2) is 68.5 Å². The minimum atomic E-state index is -4.62. The van der Waals surface area contributed by atoms with Gasteiger partial charge in [0.2, 0.25) is 5.91 Å². The molecule has 74 heavy (non-hydrogen) atoms. The first kappa shape index (κ1) is 71.7. The van der Waals surface area contributed by atoms with Crippen molar-refractivity contribution in [3.63, 3.8) is 0 Å². The highest BCUT2D eigenvalue weighted by atomic mass is 31.2. The van der Waals surface area contributed by atoms with Gasteiger partial charge in [-0.15, -0.1) is 0 Å². The number of nitrogens with one attached hydrogen (secondary N) is 1. The van der Waals surface area contributed by atoms with Crippen LogP contribution in [0.1, 0.15) is 271 Å². The number of rotatable bonds is 56. The van der Waals surface area contributed by atoms with Crippen LogP contribution >= 0.6 is 7.82 Å². The van der Waals surface area contributed by atoms with Crippen LogP contribution in [0.2, 0.25) is 0 Å². The third-order valence-corrected chi connectivity index (χ3v) is 14.5. The summed E-state index contributed by atoms with van der Waals surface area (Å²) in [4.78, 5) is 25.5. The van der Waals surface area contributed by atoms with Crippen molar-refractivity contribution >= 4 is 13.7 Å². The van der Waals surface area contributed by atoms with Gasteiger partial charge < -0.3 is 28.8 Å². The second-order valence-electron chi connectivity index (χ2n) is 22.0. The van der Waals surface area contributed by atoms with E-state index >= 15 is 0 Å². The standard InChI is InChI=1S/C65H119N2O6P/c1-6-8-10-12-14-16-18-20-22-24-26-28-30-32-33-35-36-38-40-42-44-46-48-50-52-54-56-58-64(68)63(62-73-74(70,71)72-61-60-67(3,4)5)66-65(69)59-57-55-53-51-49-47-45-43-41-39-37-34-31-29-27-25-23-21-19-17-15-13-11-9-7-2/h9,11,15,17,21,23,27,29,40,42,48,50,56,58,63-64,68H,6-8,10,12-14,16,18-20,22,24-26,28,30-39,41,43-47,49,51-55,57,59-62H2,1-5H3,(H-,66,69,70,71)/b11-9-,17-15-,23-21-,29-27-,42-40+,50-48+,58-56+. The quantitative estimate of drug-likeness (QED) is 0.0272. The molecule has 0 saturated heterocycles. The molecule has 0 aromatic heterocycles. The zero-order chi connectivity index (χ0) is 54.2. The van der Waals surface area contributed by atoms with Crippen LogP contribution in [0, 0.1) is 0 Å². The number of allylic oxidation sites excluding steroid dienone is 13. The van der Waals surface area contributed by atoms with Crippen molar-refractivity contribution < 1.29 is 32.9 Å². The number of carbonyl (C=O) groups excluding carboxylic acids is 1. The molecule has 430 valence electrons. The van der Waals surface area contributed by atoms with Crippen LogP contribution in [-0.2, 0) is 18.4 Å². The lowest BCUT2D eigenvalue weighted by Crippen LogP contribution is -2.45. The monoisotopic (exact) mass is 1050 g/mol. The van der Waals surface area contributed by atoms with Gasteiger partial charge in [-0.3, -0.25) is 9.36 Å². The maximum absolute atomic E-state index is 13.0. The van der Waals surface area contributed by atoms with Gasteiger partial charge in [0.1, 0.15) is 13.2 Å². The Morgan fingerprint density at radius 3 is 1.26 bits per heavy atom. The first-order valence-corrected chi connectivity index (χ1v) is 32.4. The highest BCUT2D eigenvalue weighted by Crippen LogP contribution is 2.38. The number of phosphoric acid groups is 1. The summed E-state index contributed by atoms with van der Waals surface area (Å²) in [6, 6.07) is -0.917. The van der Waals surface area contributed by atoms with Gasteiger partial charge in [0.25, 0.3) is 7.82 Å². The summed E-state index contributed by atoms with van der Waals surface area (Å²) in [6.07, 6.45) is 78.2. The lowest BCUT2D eigenvalue weighted by atomic mass is 10.0. The van der Waals surface area contributed by atoms with Crippen LogP contribution in [0.5, 0.6) is 0 Å². The molecule has 2 N–H and O–H groups in total. The van der Waals surface area contributed by atoms with E-state index in [0.717, 1.165) is 70.6 Å². The maximum Gasteiger partial charge on any atom is 0.268 e. The predicted octanol–water partition coefficient (Wildman–Crippen LogP) is 18.6. The highest BCUT2D eigenvalue weighted by molar-refractivity contribution is 7.45. The summed E-state index contributed by atoms with van der Waals surface area (Å²) >= 11 is 0. The van der Waals surface area contributed by atoms with Crippen LogP contribution < -0.4 is 10.2 Å². The second-order valence-corrected chi connectivity index (χ2v) is 23.4. The van der Waals surface area contributed by atoms with Crippen LogP contribution in [0.3, 0.4) is 0 Å². The van der Waals surface area contributed by atoms with Gasteiger partial charge in [0.15, 0.2) is 0 Å². The topological polar surface area (TPSA) is 108 Å². The van der Waals surface area contributed by atoms with Crippen molar-refractivity contribution in [2.75, 3.05) is 40.9 Å². The van der Waals surface area contributed by atoms with E-state index in [1.54, 1.807) is 6.08 Å². The Hall–Kier alpha value is -2.32.